The van der Waals surface area contributed by atoms with Crippen molar-refractivity contribution in [1.29, 1.82) is 0 Å². The molecular formula is C25H25N3O3. The van der Waals surface area contributed by atoms with E-state index in [4.69, 9.17) is 4.74 Å². The minimum atomic E-state index is -0.390. The largest absolute Gasteiger partial charge is 0.495 e. The Morgan fingerprint density at radius 1 is 0.839 bits per heavy atom. The molecule has 6 heteroatoms. The molecule has 2 heterocycles. The summed E-state index contributed by atoms with van der Waals surface area (Å²) in [5, 5.41) is 2.11. The molecule has 31 heavy (non-hydrogen) atoms. The molecule has 0 aromatic heterocycles. The lowest BCUT2D eigenvalue weighted by molar-refractivity contribution is -0.123. The van der Waals surface area contributed by atoms with E-state index >= 15 is 0 Å². The average Bonchev–Trinajstić information content (AvgIpc) is 3.12. The van der Waals surface area contributed by atoms with Crippen LogP contribution in [0, 0.1) is 0 Å². The maximum Gasteiger partial charge on any atom is 0.251 e. The smallest absolute Gasteiger partial charge is 0.251 e. The Kier molecular flexibility index (Phi) is 5.08. The minimum absolute atomic E-state index is 0.119. The van der Waals surface area contributed by atoms with Crippen molar-refractivity contribution in [3.05, 3.63) is 66.7 Å². The number of carbonyl (C=O) groups is 2. The normalized spacial score (nSPS) is 20.0. The van der Waals surface area contributed by atoms with E-state index in [1.807, 2.05) is 60.7 Å². The van der Waals surface area contributed by atoms with E-state index in [0.29, 0.717) is 5.69 Å². The second kappa shape index (κ2) is 8.04. The Bertz CT molecular complexity index is 1140. The zero-order chi connectivity index (χ0) is 21.4. The number of hydrogen-bond donors (Lipinski definition) is 0. The number of piperazine rings is 1. The first-order valence-corrected chi connectivity index (χ1v) is 10.6. The predicted molar refractivity (Wildman–Crippen MR) is 122 cm³/mol. The fourth-order valence-electron chi connectivity index (χ4n) is 4.65. The lowest BCUT2D eigenvalue weighted by Crippen LogP contribution is -2.52. The van der Waals surface area contributed by atoms with Crippen molar-refractivity contribution in [3.63, 3.8) is 0 Å². The monoisotopic (exact) mass is 415 g/mol. The Balaban J connectivity index is 1.31. The number of nitrogens with zero attached hydrogens (tertiary/aromatic N) is 3. The Hall–Kier alpha value is -3.38. The van der Waals surface area contributed by atoms with E-state index in [9.17, 15) is 9.59 Å². The van der Waals surface area contributed by atoms with Crippen LogP contribution in [0.3, 0.4) is 0 Å². The molecule has 0 saturated carbocycles. The van der Waals surface area contributed by atoms with Crippen LogP contribution in [0.2, 0.25) is 0 Å². The number of rotatable bonds is 4. The Morgan fingerprint density at radius 3 is 2.32 bits per heavy atom. The molecule has 2 aliphatic rings. The van der Waals surface area contributed by atoms with Crippen LogP contribution in [0.4, 0.5) is 11.4 Å². The molecule has 2 aliphatic heterocycles. The van der Waals surface area contributed by atoms with Crippen molar-refractivity contribution >= 4 is 34.0 Å². The summed E-state index contributed by atoms with van der Waals surface area (Å²) in [6.07, 6.45) is 0.236. The molecule has 2 amide bonds. The molecule has 6 nitrogen and oxygen atoms in total. The van der Waals surface area contributed by atoms with Gasteiger partial charge in [-0.1, -0.05) is 42.5 Å². The van der Waals surface area contributed by atoms with Crippen molar-refractivity contribution in [1.82, 2.24) is 4.90 Å². The third-order valence-electron chi connectivity index (χ3n) is 6.29. The van der Waals surface area contributed by atoms with Crippen LogP contribution < -0.4 is 14.5 Å². The molecule has 0 radical (unpaired) electrons. The Morgan fingerprint density at radius 2 is 1.55 bits per heavy atom. The lowest BCUT2D eigenvalue weighted by Gasteiger charge is -2.38. The van der Waals surface area contributed by atoms with Crippen LogP contribution in [-0.4, -0.2) is 56.0 Å². The lowest BCUT2D eigenvalue weighted by atomic mass is 10.1. The molecular weight excluding hydrogens is 390 g/mol. The van der Waals surface area contributed by atoms with E-state index in [1.165, 1.54) is 4.90 Å². The van der Waals surface area contributed by atoms with Gasteiger partial charge in [-0.25, -0.2) is 4.90 Å². The summed E-state index contributed by atoms with van der Waals surface area (Å²) in [7, 11) is 1.68. The van der Waals surface area contributed by atoms with Gasteiger partial charge in [0.2, 0.25) is 5.91 Å². The zero-order valence-corrected chi connectivity index (χ0v) is 17.5. The van der Waals surface area contributed by atoms with Gasteiger partial charge in [0.05, 0.1) is 30.9 Å². The first kappa shape index (κ1) is 19.6. The first-order chi connectivity index (χ1) is 15.2. The van der Waals surface area contributed by atoms with Crippen LogP contribution in [0.5, 0.6) is 5.75 Å². The van der Waals surface area contributed by atoms with E-state index in [-0.39, 0.29) is 18.2 Å². The van der Waals surface area contributed by atoms with E-state index in [1.54, 1.807) is 7.11 Å². The number of imide groups is 1. The van der Waals surface area contributed by atoms with Crippen molar-refractivity contribution < 1.29 is 14.3 Å². The molecule has 0 N–H and O–H groups in total. The highest BCUT2D eigenvalue weighted by atomic mass is 16.5. The molecule has 0 spiro atoms. The number of para-hydroxylation sites is 2. The predicted octanol–water partition coefficient (Wildman–Crippen LogP) is 3.30. The maximum atomic E-state index is 13.2. The van der Waals surface area contributed by atoms with Gasteiger partial charge in [0.15, 0.2) is 0 Å². The average molecular weight is 415 g/mol. The third-order valence-corrected chi connectivity index (χ3v) is 6.29. The number of carbonyl (C=O) groups excluding carboxylic acids is 2. The van der Waals surface area contributed by atoms with Crippen molar-refractivity contribution in [2.24, 2.45) is 0 Å². The Labute approximate surface area is 181 Å². The molecule has 3 aromatic rings. The van der Waals surface area contributed by atoms with Gasteiger partial charge < -0.3 is 9.64 Å². The van der Waals surface area contributed by atoms with Crippen molar-refractivity contribution in [3.8, 4) is 5.75 Å². The second-order valence-corrected chi connectivity index (χ2v) is 8.01. The molecule has 3 aromatic carbocycles. The molecule has 1 unspecified atom stereocenters. The number of benzene rings is 3. The molecule has 158 valence electrons. The fraction of sp³-hybridized carbons (Fsp3) is 0.280. The number of ether oxygens (including phenoxy) is 1. The zero-order valence-electron chi connectivity index (χ0n) is 17.5. The van der Waals surface area contributed by atoms with Crippen LogP contribution >= 0.6 is 0 Å². The van der Waals surface area contributed by atoms with E-state index in [2.05, 4.69) is 15.9 Å². The van der Waals surface area contributed by atoms with Crippen LogP contribution in [-0.2, 0) is 9.59 Å². The van der Waals surface area contributed by atoms with Gasteiger partial charge >= 0.3 is 0 Å². The highest BCUT2D eigenvalue weighted by molar-refractivity contribution is 6.22. The quantitative estimate of drug-likeness (QED) is 0.612. The van der Waals surface area contributed by atoms with Gasteiger partial charge in [-0.15, -0.1) is 0 Å². The summed E-state index contributed by atoms with van der Waals surface area (Å²) >= 11 is 0. The third kappa shape index (κ3) is 3.53. The van der Waals surface area contributed by atoms with Gasteiger partial charge in [-0.2, -0.15) is 0 Å². The highest BCUT2D eigenvalue weighted by Gasteiger charge is 2.43. The molecule has 5 rings (SSSR count). The van der Waals surface area contributed by atoms with Gasteiger partial charge in [-0.3, -0.25) is 14.5 Å². The number of methoxy groups -OCH3 is 1. The minimum Gasteiger partial charge on any atom is -0.495 e. The number of fused-ring (bicyclic) bond motifs is 1. The van der Waals surface area contributed by atoms with Crippen molar-refractivity contribution in [2.75, 3.05) is 43.1 Å². The molecule has 0 bridgehead atoms. The first-order valence-electron chi connectivity index (χ1n) is 10.6. The molecule has 1 atom stereocenters. The number of anilines is 2. The van der Waals surface area contributed by atoms with Crippen LogP contribution in [0.15, 0.2) is 66.7 Å². The molecule has 2 fully saturated rings. The van der Waals surface area contributed by atoms with Crippen LogP contribution in [0.25, 0.3) is 10.8 Å². The van der Waals surface area contributed by atoms with E-state index < -0.39 is 6.04 Å². The topological polar surface area (TPSA) is 53.1 Å². The molecule has 2 saturated heterocycles. The standard InChI is InChI=1S/C25H25N3O3/c1-31-23-9-5-4-8-21(23)26-12-14-27(15-13-26)22-17-24(29)28(25(22)30)20-11-10-18-6-2-3-7-19(18)16-20/h2-11,16,22H,12-15,17H2,1H3. The van der Waals surface area contributed by atoms with Crippen LogP contribution in [0.1, 0.15) is 6.42 Å². The summed E-state index contributed by atoms with van der Waals surface area (Å²) in [5.74, 6) is 0.606. The van der Waals surface area contributed by atoms with Gasteiger partial charge in [-0.05, 0) is 35.0 Å². The number of hydrogen-bond acceptors (Lipinski definition) is 5. The van der Waals surface area contributed by atoms with E-state index in [0.717, 1.165) is 48.4 Å². The maximum absolute atomic E-state index is 13.2. The van der Waals surface area contributed by atoms with Crippen molar-refractivity contribution in [2.45, 2.75) is 12.5 Å². The second-order valence-electron chi connectivity index (χ2n) is 8.01. The fourth-order valence-corrected chi connectivity index (χ4v) is 4.65. The number of amides is 2. The SMILES string of the molecule is COc1ccccc1N1CCN(C2CC(=O)N(c3ccc4ccccc4c3)C2=O)CC1. The molecule has 0 aliphatic carbocycles. The summed E-state index contributed by atoms with van der Waals surface area (Å²) in [6, 6.07) is 21.3. The van der Waals surface area contributed by atoms with Gasteiger partial charge in [0.1, 0.15) is 5.75 Å². The summed E-state index contributed by atoms with van der Waals surface area (Å²) in [6.45, 7) is 3.03. The highest BCUT2D eigenvalue weighted by Crippen LogP contribution is 2.31. The summed E-state index contributed by atoms with van der Waals surface area (Å²) in [4.78, 5) is 31.8. The van der Waals surface area contributed by atoms with Gasteiger partial charge in [0.25, 0.3) is 5.91 Å². The summed E-state index contributed by atoms with van der Waals surface area (Å²) in [5.41, 5.74) is 1.72. The summed E-state index contributed by atoms with van der Waals surface area (Å²) < 4.78 is 5.49. The van der Waals surface area contributed by atoms with Gasteiger partial charge in [0, 0.05) is 26.2 Å².